The third kappa shape index (κ3) is 5.20. The van der Waals surface area contributed by atoms with Gasteiger partial charge in [-0.15, -0.1) is 0 Å². The second kappa shape index (κ2) is 6.54. The molecule has 2 N–H and O–H groups in total. The minimum Gasteiger partial charge on any atom is -0.444 e. The quantitative estimate of drug-likeness (QED) is 0.811. The monoisotopic (exact) mass is 310 g/mol. The Balaban J connectivity index is 1.83. The van der Waals surface area contributed by atoms with Crippen LogP contribution in [0.5, 0.6) is 0 Å². The normalized spacial score (nSPS) is 20.0. The number of nitrogens with zero attached hydrogens (tertiary/aromatic N) is 2. The van der Waals surface area contributed by atoms with Crippen LogP contribution in [0.2, 0.25) is 0 Å². The standard InChI is InChI=1S/C15H26N4O3/c1-10(13(20)18-11-5-6-11)17-12-9-19(8-7-16-12)14(21)22-15(2,3)4/h10-11H,5-9H2,1-4H3,(H,16,17)(H,18,20). The highest BCUT2D eigenvalue weighted by Crippen LogP contribution is 2.18. The maximum atomic E-state index is 12.1. The average molecular weight is 310 g/mol. The van der Waals surface area contributed by atoms with Crippen LogP contribution in [0.1, 0.15) is 40.5 Å². The van der Waals surface area contributed by atoms with Crippen LogP contribution in [0.4, 0.5) is 4.79 Å². The van der Waals surface area contributed by atoms with Gasteiger partial charge in [0.15, 0.2) is 0 Å². The van der Waals surface area contributed by atoms with Crippen LogP contribution in [0.15, 0.2) is 4.99 Å². The molecule has 1 saturated carbocycles. The Labute approximate surface area is 131 Å². The zero-order valence-electron chi connectivity index (χ0n) is 13.8. The first-order valence-corrected chi connectivity index (χ1v) is 7.83. The zero-order valence-corrected chi connectivity index (χ0v) is 13.8. The van der Waals surface area contributed by atoms with Crippen molar-refractivity contribution in [3.8, 4) is 0 Å². The van der Waals surface area contributed by atoms with Gasteiger partial charge >= 0.3 is 6.09 Å². The lowest BCUT2D eigenvalue weighted by atomic mass is 10.2. The van der Waals surface area contributed by atoms with Gasteiger partial charge in [0.05, 0.1) is 13.1 Å². The first kappa shape index (κ1) is 16.6. The molecule has 1 atom stereocenters. The average Bonchev–Trinajstić information content (AvgIpc) is 3.21. The van der Waals surface area contributed by atoms with Gasteiger partial charge in [-0.25, -0.2) is 4.79 Å². The zero-order chi connectivity index (χ0) is 16.3. The Kier molecular flexibility index (Phi) is 4.93. The molecule has 0 aromatic rings. The van der Waals surface area contributed by atoms with Crippen molar-refractivity contribution < 1.29 is 14.3 Å². The van der Waals surface area contributed by atoms with Crippen molar-refractivity contribution in [3.63, 3.8) is 0 Å². The van der Waals surface area contributed by atoms with Crippen LogP contribution in [-0.4, -0.2) is 60.1 Å². The molecule has 0 spiro atoms. The van der Waals surface area contributed by atoms with Crippen molar-refractivity contribution >= 4 is 17.8 Å². The lowest BCUT2D eigenvalue weighted by Crippen LogP contribution is -2.52. The van der Waals surface area contributed by atoms with Crippen LogP contribution >= 0.6 is 0 Å². The molecule has 0 bridgehead atoms. The van der Waals surface area contributed by atoms with E-state index in [4.69, 9.17) is 4.74 Å². The first-order valence-electron chi connectivity index (χ1n) is 7.83. The molecule has 1 aliphatic heterocycles. The Morgan fingerprint density at radius 1 is 1.36 bits per heavy atom. The maximum Gasteiger partial charge on any atom is 0.410 e. The van der Waals surface area contributed by atoms with Crippen LogP contribution in [0, 0.1) is 0 Å². The van der Waals surface area contributed by atoms with E-state index in [0.29, 0.717) is 31.5 Å². The van der Waals surface area contributed by atoms with Gasteiger partial charge in [-0.05, 0) is 40.5 Å². The fourth-order valence-corrected chi connectivity index (χ4v) is 2.06. The molecular weight excluding hydrogens is 284 g/mol. The summed E-state index contributed by atoms with van der Waals surface area (Å²) in [6.07, 6.45) is 1.77. The third-order valence-electron chi connectivity index (χ3n) is 3.37. The largest absolute Gasteiger partial charge is 0.444 e. The molecule has 1 fully saturated rings. The molecule has 0 radical (unpaired) electrons. The Morgan fingerprint density at radius 3 is 2.64 bits per heavy atom. The van der Waals surface area contributed by atoms with Crippen molar-refractivity contribution in [1.82, 2.24) is 15.5 Å². The number of carbonyl (C=O) groups excluding carboxylic acids is 2. The summed E-state index contributed by atoms with van der Waals surface area (Å²) in [5.41, 5.74) is -0.517. The molecule has 0 aromatic carbocycles. The van der Waals surface area contributed by atoms with Crippen LogP contribution in [0.25, 0.3) is 0 Å². The fraction of sp³-hybridized carbons (Fsp3) is 0.800. The number of nitrogens with one attached hydrogen (secondary N) is 2. The molecule has 22 heavy (non-hydrogen) atoms. The van der Waals surface area contributed by atoms with Crippen molar-refractivity contribution in [2.24, 2.45) is 4.99 Å². The summed E-state index contributed by atoms with van der Waals surface area (Å²) < 4.78 is 5.36. The van der Waals surface area contributed by atoms with Crippen molar-refractivity contribution in [1.29, 1.82) is 0 Å². The Morgan fingerprint density at radius 2 is 2.05 bits per heavy atom. The minimum absolute atomic E-state index is 0.0282. The highest BCUT2D eigenvalue weighted by Gasteiger charge is 2.28. The van der Waals surface area contributed by atoms with Crippen LogP contribution in [-0.2, 0) is 9.53 Å². The van der Waals surface area contributed by atoms with Gasteiger partial charge in [-0.1, -0.05) is 0 Å². The van der Waals surface area contributed by atoms with E-state index in [1.807, 2.05) is 20.8 Å². The molecule has 7 heteroatoms. The van der Waals surface area contributed by atoms with Gasteiger partial charge in [-0.2, -0.15) is 0 Å². The predicted molar refractivity (Wildman–Crippen MR) is 83.9 cm³/mol. The summed E-state index contributed by atoms with van der Waals surface area (Å²) in [5, 5.41) is 6.03. The number of amidine groups is 1. The lowest BCUT2D eigenvalue weighted by molar-refractivity contribution is -0.122. The summed E-state index contributed by atoms with van der Waals surface area (Å²) in [7, 11) is 0. The summed E-state index contributed by atoms with van der Waals surface area (Å²) in [4.78, 5) is 30.0. The number of hydrogen-bond donors (Lipinski definition) is 2. The molecule has 0 saturated heterocycles. The topological polar surface area (TPSA) is 83.0 Å². The van der Waals surface area contributed by atoms with E-state index in [9.17, 15) is 9.59 Å². The number of hydrogen-bond acceptors (Lipinski definition) is 5. The SMILES string of the molecule is CC(NC1=NCCN(C(=O)OC(C)(C)C)C1)C(=O)NC1CC1. The van der Waals surface area contributed by atoms with Crippen molar-refractivity contribution in [2.75, 3.05) is 19.6 Å². The maximum absolute atomic E-state index is 12.1. The third-order valence-corrected chi connectivity index (χ3v) is 3.37. The van der Waals surface area contributed by atoms with Gasteiger partial charge in [-0.3, -0.25) is 14.7 Å². The minimum atomic E-state index is -0.517. The summed E-state index contributed by atoms with van der Waals surface area (Å²) >= 11 is 0. The number of aliphatic imine (C=N–C) groups is 1. The van der Waals surface area contributed by atoms with E-state index in [1.54, 1.807) is 11.8 Å². The summed E-state index contributed by atoms with van der Waals surface area (Å²) in [6, 6.07) is -0.0266. The number of rotatable bonds is 3. The molecule has 7 nitrogen and oxygen atoms in total. The molecular formula is C15H26N4O3. The highest BCUT2D eigenvalue weighted by atomic mass is 16.6. The van der Waals surface area contributed by atoms with E-state index < -0.39 is 5.60 Å². The molecule has 2 rings (SSSR count). The van der Waals surface area contributed by atoms with Gasteiger partial charge < -0.3 is 15.4 Å². The van der Waals surface area contributed by atoms with E-state index in [-0.39, 0.29) is 18.0 Å². The molecule has 1 unspecified atom stereocenters. The highest BCUT2D eigenvalue weighted by molar-refractivity contribution is 5.92. The molecule has 124 valence electrons. The number of carbonyl (C=O) groups is 2. The summed E-state index contributed by atoms with van der Waals surface area (Å²) in [6.45, 7) is 8.70. The van der Waals surface area contributed by atoms with Gasteiger partial charge in [0.2, 0.25) is 5.91 Å². The van der Waals surface area contributed by atoms with E-state index >= 15 is 0 Å². The fourth-order valence-electron chi connectivity index (χ4n) is 2.06. The second-order valence-electron chi connectivity index (χ2n) is 6.88. The second-order valence-corrected chi connectivity index (χ2v) is 6.88. The number of ether oxygens (including phenoxy) is 1. The lowest BCUT2D eigenvalue weighted by Gasteiger charge is -2.30. The van der Waals surface area contributed by atoms with Gasteiger partial charge in [0.1, 0.15) is 17.5 Å². The van der Waals surface area contributed by atoms with Crippen LogP contribution < -0.4 is 10.6 Å². The van der Waals surface area contributed by atoms with Gasteiger partial charge in [0, 0.05) is 12.6 Å². The molecule has 1 aliphatic carbocycles. The summed E-state index contributed by atoms with van der Waals surface area (Å²) in [5.74, 6) is 0.621. The number of amides is 2. The molecule has 2 aliphatic rings. The predicted octanol–water partition coefficient (Wildman–Crippen LogP) is 0.892. The van der Waals surface area contributed by atoms with Gasteiger partial charge in [0.25, 0.3) is 0 Å². The van der Waals surface area contributed by atoms with E-state index in [0.717, 1.165) is 12.8 Å². The van der Waals surface area contributed by atoms with Crippen LogP contribution in [0.3, 0.4) is 0 Å². The smallest absolute Gasteiger partial charge is 0.410 e. The van der Waals surface area contributed by atoms with E-state index in [1.165, 1.54) is 0 Å². The molecule has 0 aromatic heterocycles. The molecule has 1 heterocycles. The van der Waals surface area contributed by atoms with Crippen molar-refractivity contribution in [3.05, 3.63) is 0 Å². The Bertz CT molecular complexity index is 466. The first-order chi connectivity index (χ1) is 10.2. The Hall–Kier alpha value is -1.79. The van der Waals surface area contributed by atoms with Crippen molar-refractivity contribution in [2.45, 2.75) is 58.2 Å². The van der Waals surface area contributed by atoms with E-state index in [2.05, 4.69) is 15.6 Å². The molecule has 2 amide bonds.